The van der Waals surface area contributed by atoms with Gasteiger partial charge in [-0.05, 0) is 36.8 Å². The SMILES string of the molecule is C[C@H](Oc1ccccc1)c1nnc(SCc2ccc(F)cc2)n1C. The normalized spacial score (nSPS) is 12.1. The van der Waals surface area contributed by atoms with Crippen molar-refractivity contribution < 1.29 is 9.13 Å². The van der Waals surface area contributed by atoms with Crippen LogP contribution in [0.3, 0.4) is 0 Å². The smallest absolute Gasteiger partial charge is 0.191 e. The van der Waals surface area contributed by atoms with Crippen LogP contribution in [0.15, 0.2) is 59.8 Å². The van der Waals surface area contributed by atoms with Gasteiger partial charge in [-0.1, -0.05) is 42.1 Å². The third-order valence-corrected chi connectivity index (χ3v) is 4.66. The summed E-state index contributed by atoms with van der Waals surface area (Å²) >= 11 is 1.56. The number of benzene rings is 2. The molecule has 0 N–H and O–H groups in total. The molecule has 0 aliphatic carbocycles. The Balaban J connectivity index is 1.65. The van der Waals surface area contributed by atoms with Crippen LogP contribution in [-0.4, -0.2) is 14.8 Å². The summed E-state index contributed by atoms with van der Waals surface area (Å²) in [6.45, 7) is 1.95. The van der Waals surface area contributed by atoms with E-state index in [9.17, 15) is 4.39 Å². The van der Waals surface area contributed by atoms with Crippen molar-refractivity contribution in [3.8, 4) is 5.75 Å². The Morgan fingerprint density at radius 2 is 1.79 bits per heavy atom. The molecule has 1 heterocycles. The molecule has 3 rings (SSSR count). The summed E-state index contributed by atoms with van der Waals surface area (Å²) in [5, 5.41) is 9.28. The van der Waals surface area contributed by atoms with E-state index in [4.69, 9.17) is 4.74 Å². The maximum Gasteiger partial charge on any atom is 0.191 e. The summed E-state index contributed by atoms with van der Waals surface area (Å²) in [6.07, 6.45) is -0.204. The Morgan fingerprint density at radius 3 is 2.50 bits per heavy atom. The summed E-state index contributed by atoms with van der Waals surface area (Å²) in [7, 11) is 1.92. The third kappa shape index (κ3) is 3.94. The van der Waals surface area contributed by atoms with Gasteiger partial charge in [-0.25, -0.2) is 4.39 Å². The van der Waals surface area contributed by atoms with Crippen LogP contribution in [-0.2, 0) is 12.8 Å². The molecule has 124 valence electrons. The van der Waals surface area contributed by atoms with Crippen molar-refractivity contribution in [1.82, 2.24) is 14.8 Å². The van der Waals surface area contributed by atoms with Crippen molar-refractivity contribution in [3.63, 3.8) is 0 Å². The average molecular weight is 343 g/mol. The molecule has 0 saturated heterocycles. The van der Waals surface area contributed by atoms with E-state index in [0.29, 0.717) is 5.75 Å². The van der Waals surface area contributed by atoms with Crippen molar-refractivity contribution >= 4 is 11.8 Å². The average Bonchev–Trinajstić information content (AvgIpc) is 2.96. The van der Waals surface area contributed by atoms with Gasteiger partial charge in [0.25, 0.3) is 0 Å². The second kappa shape index (κ2) is 7.49. The monoisotopic (exact) mass is 343 g/mol. The predicted molar refractivity (Wildman–Crippen MR) is 92.4 cm³/mol. The highest BCUT2D eigenvalue weighted by molar-refractivity contribution is 7.98. The van der Waals surface area contributed by atoms with Crippen LogP contribution < -0.4 is 4.74 Å². The minimum atomic E-state index is -0.225. The third-order valence-electron chi connectivity index (χ3n) is 3.57. The Labute approximate surface area is 144 Å². The van der Waals surface area contributed by atoms with Crippen molar-refractivity contribution in [1.29, 1.82) is 0 Å². The molecule has 1 atom stereocenters. The zero-order valence-electron chi connectivity index (χ0n) is 13.5. The maximum atomic E-state index is 12.9. The van der Waals surface area contributed by atoms with E-state index in [1.165, 1.54) is 12.1 Å². The maximum absolute atomic E-state index is 12.9. The first-order chi connectivity index (χ1) is 11.6. The summed E-state index contributed by atoms with van der Waals surface area (Å²) in [6, 6.07) is 16.1. The lowest BCUT2D eigenvalue weighted by atomic mass is 10.2. The van der Waals surface area contributed by atoms with Gasteiger partial charge in [0.1, 0.15) is 11.6 Å². The van der Waals surface area contributed by atoms with Crippen molar-refractivity contribution in [2.75, 3.05) is 0 Å². The molecule has 3 aromatic rings. The van der Waals surface area contributed by atoms with Crippen LogP contribution in [0.25, 0.3) is 0 Å². The molecular weight excluding hydrogens is 325 g/mol. The fraction of sp³-hybridized carbons (Fsp3) is 0.222. The number of aromatic nitrogens is 3. The first-order valence-corrected chi connectivity index (χ1v) is 8.60. The van der Waals surface area contributed by atoms with Gasteiger partial charge in [0, 0.05) is 12.8 Å². The zero-order chi connectivity index (χ0) is 16.9. The van der Waals surface area contributed by atoms with Gasteiger partial charge >= 0.3 is 0 Å². The van der Waals surface area contributed by atoms with Gasteiger partial charge in [-0.3, -0.25) is 0 Å². The number of nitrogens with zero attached hydrogens (tertiary/aromatic N) is 3. The Hall–Kier alpha value is -2.34. The highest BCUT2D eigenvalue weighted by atomic mass is 32.2. The van der Waals surface area contributed by atoms with Crippen LogP contribution in [0, 0.1) is 5.82 Å². The molecule has 0 aliphatic rings. The first-order valence-electron chi connectivity index (χ1n) is 7.61. The minimum absolute atomic E-state index is 0.204. The lowest BCUT2D eigenvalue weighted by Gasteiger charge is -2.14. The van der Waals surface area contributed by atoms with E-state index < -0.39 is 0 Å². The Kier molecular flexibility index (Phi) is 5.15. The molecule has 4 nitrogen and oxygen atoms in total. The fourth-order valence-electron chi connectivity index (χ4n) is 2.29. The molecule has 0 spiro atoms. The van der Waals surface area contributed by atoms with Crippen molar-refractivity contribution in [2.24, 2.45) is 7.05 Å². The van der Waals surface area contributed by atoms with Crippen molar-refractivity contribution in [3.05, 3.63) is 71.8 Å². The van der Waals surface area contributed by atoms with E-state index in [0.717, 1.165) is 22.3 Å². The summed E-state index contributed by atoms with van der Waals surface area (Å²) in [5.41, 5.74) is 1.04. The van der Waals surface area contributed by atoms with Crippen LogP contribution >= 0.6 is 11.8 Å². The fourth-order valence-corrected chi connectivity index (χ4v) is 3.16. The summed E-state index contributed by atoms with van der Waals surface area (Å²) < 4.78 is 20.8. The van der Waals surface area contributed by atoms with Crippen LogP contribution in [0.5, 0.6) is 5.75 Å². The summed E-state index contributed by atoms with van der Waals surface area (Å²) in [5.74, 6) is 2.05. The Morgan fingerprint density at radius 1 is 1.08 bits per heavy atom. The van der Waals surface area contributed by atoms with E-state index in [1.807, 2.05) is 48.9 Å². The molecule has 1 aromatic heterocycles. The van der Waals surface area contributed by atoms with Crippen molar-refractivity contribution in [2.45, 2.75) is 23.9 Å². The van der Waals surface area contributed by atoms with Gasteiger partial charge < -0.3 is 9.30 Å². The van der Waals surface area contributed by atoms with E-state index in [2.05, 4.69) is 10.2 Å². The second-order valence-corrected chi connectivity index (χ2v) is 6.33. The first kappa shape index (κ1) is 16.5. The predicted octanol–water partition coefficient (Wildman–Crippen LogP) is 4.39. The number of halogens is 1. The van der Waals surface area contributed by atoms with E-state index >= 15 is 0 Å². The van der Waals surface area contributed by atoms with E-state index in [1.54, 1.807) is 23.9 Å². The molecule has 0 amide bonds. The number of para-hydroxylation sites is 1. The minimum Gasteiger partial charge on any atom is -0.483 e. The van der Waals surface area contributed by atoms with Crippen LogP contribution in [0.2, 0.25) is 0 Å². The van der Waals surface area contributed by atoms with Gasteiger partial charge in [-0.2, -0.15) is 0 Å². The lowest BCUT2D eigenvalue weighted by molar-refractivity contribution is 0.211. The lowest BCUT2D eigenvalue weighted by Crippen LogP contribution is -2.10. The number of hydrogen-bond donors (Lipinski definition) is 0. The number of rotatable bonds is 6. The van der Waals surface area contributed by atoms with Gasteiger partial charge in [0.15, 0.2) is 17.1 Å². The van der Waals surface area contributed by atoms with Crippen LogP contribution in [0.1, 0.15) is 24.4 Å². The molecule has 0 radical (unpaired) electrons. The molecule has 0 aliphatic heterocycles. The molecule has 6 heteroatoms. The molecule has 0 unspecified atom stereocenters. The standard InChI is InChI=1S/C18H18FN3OS/c1-13(23-16-6-4-3-5-7-16)17-20-21-18(22(17)2)24-12-14-8-10-15(19)11-9-14/h3-11,13H,12H2,1-2H3/t13-/m0/s1. The quantitative estimate of drug-likeness (QED) is 0.623. The van der Waals surface area contributed by atoms with Gasteiger partial charge in [0.2, 0.25) is 0 Å². The zero-order valence-corrected chi connectivity index (χ0v) is 14.3. The Bertz CT molecular complexity index is 790. The van der Waals surface area contributed by atoms with Gasteiger partial charge in [0.05, 0.1) is 0 Å². The van der Waals surface area contributed by atoms with Gasteiger partial charge in [-0.15, -0.1) is 10.2 Å². The second-order valence-electron chi connectivity index (χ2n) is 5.39. The molecule has 0 saturated carbocycles. The molecule has 24 heavy (non-hydrogen) atoms. The van der Waals surface area contributed by atoms with Crippen LogP contribution in [0.4, 0.5) is 4.39 Å². The highest BCUT2D eigenvalue weighted by Crippen LogP contribution is 2.25. The topological polar surface area (TPSA) is 39.9 Å². The largest absolute Gasteiger partial charge is 0.483 e. The molecule has 0 bridgehead atoms. The number of thioether (sulfide) groups is 1. The highest BCUT2D eigenvalue weighted by Gasteiger charge is 2.17. The number of hydrogen-bond acceptors (Lipinski definition) is 4. The van der Waals surface area contributed by atoms with E-state index in [-0.39, 0.29) is 11.9 Å². The molecule has 0 fully saturated rings. The molecular formula is C18H18FN3OS. The summed E-state index contributed by atoms with van der Waals surface area (Å²) in [4.78, 5) is 0. The molecule has 2 aromatic carbocycles. The number of ether oxygens (including phenoxy) is 1.